The number of benzene rings is 1. The van der Waals surface area contributed by atoms with Crippen LogP contribution in [0.15, 0.2) is 65.5 Å². The van der Waals surface area contributed by atoms with E-state index in [9.17, 15) is 4.79 Å². The van der Waals surface area contributed by atoms with E-state index in [4.69, 9.17) is 16.0 Å². The number of hydrogen-bond acceptors (Lipinski definition) is 6. The highest BCUT2D eigenvalue weighted by atomic mass is 35.5. The lowest BCUT2D eigenvalue weighted by molar-refractivity contribution is 0.0960. The predicted molar refractivity (Wildman–Crippen MR) is 108 cm³/mol. The molecule has 0 fully saturated rings. The normalized spacial score (nSPS) is 15.9. The van der Waals surface area contributed by atoms with E-state index in [1.54, 1.807) is 41.5 Å². The Balaban J connectivity index is 1.60. The molecular weight excluding hydrogens is 390 g/mol. The van der Waals surface area contributed by atoms with Crippen molar-refractivity contribution < 1.29 is 9.21 Å². The molecule has 1 unspecified atom stereocenters. The first kappa shape index (κ1) is 17.6. The molecule has 1 aromatic carbocycles. The number of Topliss-reactive ketones (excluding diaryl/α,β-unsaturated/α-hetero) is 1. The van der Waals surface area contributed by atoms with Crippen LogP contribution in [0.2, 0.25) is 5.02 Å². The van der Waals surface area contributed by atoms with Crippen molar-refractivity contribution in [3.8, 4) is 5.95 Å². The van der Waals surface area contributed by atoms with E-state index >= 15 is 0 Å². The quantitative estimate of drug-likeness (QED) is 0.535. The van der Waals surface area contributed by atoms with Crippen LogP contribution in [0.5, 0.6) is 0 Å². The van der Waals surface area contributed by atoms with Gasteiger partial charge in [-0.3, -0.25) is 4.79 Å². The molecule has 1 atom stereocenters. The van der Waals surface area contributed by atoms with Crippen LogP contribution in [-0.2, 0) is 6.42 Å². The Morgan fingerprint density at radius 2 is 1.86 bits per heavy atom. The molecule has 0 aliphatic heterocycles. The van der Waals surface area contributed by atoms with Crippen LogP contribution in [0.1, 0.15) is 34.2 Å². The predicted octanol–water partition coefficient (Wildman–Crippen LogP) is 4.57. The highest BCUT2D eigenvalue weighted by Gasteiger charge is 2.35. The number of fused-ring (bicyclic) bond motifs is 1. The van der Waals surface area contributed by atoms with Crippen LogP contribution in [0.25, 0.3) is 5.95 Å². The van der Waals surface area contributed by atoms with Crippen molar-refractivity contribution in [1.29, 1.82) is 0 Å². The van der Waals surface area contributed by atoms with E-state index < -0.39 is 0 Å². The van der Waals surface area contributed by atoms with Gasteiger partial charge in [-0.25, -0.2) is 14.6 Å². The zero-order chi connectivity index (χ0) is 19.8. The fourth-order valence-corrected chi connectivity index (χ4v) is 3.74. The molecule has 4 aromatic rings. The van der Waals surface area contributed by atoms with Gasteiger partial charge in [0.2, 0.25) is 0 Å². The summed E-state index contributed by atoms with van der Waals surface area (Å²) in [6, 6.07) is 12.7. The number of carbonyl (C=O) groups is 1. The third kappa shape index (κ3) is 3.30. The van der Waals surface area contributed by atoms with Gasteiger partial charge in [-0.1, -0.05) is 11.6 Å². The molecule has 1 N–H and O–H groups in total. The van der Waals surface area contributed by atoms with Gasteiger partial charge >= 0.3 is 0 Å². The second kappa shape index (κ2) is 7.18. The van der Waals surface area contributed by atoms with Gasteiger partial charge in [0.15, 0.2) is 11.6 Å². The Labute approximate surface area is 171 Å². The van der Waals surface area contributed by atoms with Crippen molar-refractivity contribution in [3.05, 3.63) is 83.2 Å². The smallest absolute Gasteiger partial charge is 0.250 e. The zero-order valence-electron chi connectivity index (χ0n) is 15.2. The molecular formula is C21H16ClN5O2. The number of nitrogens with one attached hydrogen (secondary N) is 1. The maximum absolute atomic E-state index is 13.1. The molecule has 29 heavy (non-hydrogen) atoms. The average Bonchev–Trinajstić information content (AvgIpc) is 3.39. The molecule has 7 nitrogen and oxygen atoms in total. The maximum atomic E-state index is 13.1. The van der Waals surface area contributed by atoms with Gasteiger partial charge in [-0.2, -0.15) is 0 Å². The van der Waals surface area contributed by atoms with Gasteiger partial charge in [-0.15, -0.1) is 5.10 Å². The summed E-state index contributed by atoms with van der Waals surface area (Å²) in [5.74, 6) is 1.65. The summed E-state index contributed by atoms with van der Waals surface area (Å²) in [5.41, 5.74) is 2.12. The molecule has 0 radical (unpaired) electrons. The number of nitrogens with zero attached hydrogens (tertiary/aromatic N) is 4. The molecule has 0 spiro atoms. The van der Waals surface area contributed by atoms with Gasteiger partial charge in [0.1, 0.15) is 5.76 Å². The van der Waals surface area contributed by atoms with E-state index in [0.717, 1.165) is 17.1 Å². The summed E-state index contributed by atoms with van der Waals surface area (Å²) < 4.78 is 7.19. The second-order valence-electron chi connectivity index (χ2n) is 6.81. The van der Waals surface area contributed by atoms with Crippen LogP contribution in [-0.4, -0.2) is 25.5 Å². The number of ketones is 1. The highest BCUT2D eigenvalue weighted by molar-refractivity contribution is 6.30. The van der Waals surface area contributed by atoms with Crippen molar-refractivity contribution in [3.63, 3.8) is 0 Å². The fourth-order valence-electron chi connectivity index (χ4n) is 3.61. The Morgan fingerprint density at radius 3 is 2.59 bits per heavy atom. The van der Waals surface area contributed by atoms with Gasteiger partial charge in [-0.05, 0) is 42.5 Å². The Morgan fingerprint density at radius 1 is 1.07 bits per heavy atom. The van der Waals surface area contributed by atoms with Crippen LogP contribution in [0.3, 0.4) is 0 Å². The van der Waals surface area contributed by atoms with Crippen molar-refractivity contribution in [1.82, 2.24) is 19.7 Å². The first-order chi connectivity index (χ1) is 14.2. The zero-order valence-corrected chi connectivity index (χ0v) is 16.0. The summed E-state index contributed by atoms with van der Waals surface area (Å²) >= 11 is 5.98. The van der Waals surface area contributed by atoms with Gasteiger partial charge in [0.25, 0.3) is 5.95 Å². The van der Waals surface area contributed by atoms with Gasteiger partial charge in [0, 0.05) is 41.9 Å². The summed E-state index contributed by atoms with van der Waals surface area (Å²) in [7, 11) is 0. The summed E-state index contributed by atoms with van der Waals surface area (Å²) in [6.45, 7) is 0. The number of furan rings is 1. The molecule has 0 bridgehead atoms. The van der Waals surface area contributed by atoms with Crippen LogP contribution in [0.4, 0.5) is 11.5 Å². The number of rotatable bonds is 4. The molecule has 5 rings (SSSR count). The largest absolute Gasteiger partial charge is 0.469 e. The first-order valence-corrected chi connectivity index (χ1v) is 9.55. The minimum atomic E-state index is -0.0486. The molecule has 1 aliphatic rings. The third-order valence-electron chi connectivity index (χ3n) is 4.93. The molecule has 3 heterocycles. The van der Waals surface area contributed by atoms with Crippen LogP contribution < -0.4 is 5.32 Å². The maximum Gasteiger partial charge on any atom is 0.250 e. The van der Waals surface area contributed by atoms with E-state index in [2.05, 4.69) is 20.4 Å². The molecule has 144 valence electrons. The molecule has 0 amide bonds. The van der Waals surface area contributed by atoms with Gasteiger partial charge < -0.3 is 9.73 Å². The molecule has 0 saturated heterocycles. The lowest BCUT2D eigenvalue weighted by atomic mass is 9.85. The van der Waals surface area contributed by atoms with E-state index in [-0.39, 0.29) is 11.7 Å². The minimum Gasteiger partial charge on any atom is -0.469 e. The SMILES string of the molecule is O=C1CC(c2ccco2)Cc2c1c(Nc1ccc(Cl)cc1)nn2-c1ncccn1. The number of carbonyl (C=O) groups excluding carboxylic acids is 1. The minimum absolute atomic E-state index is 0.00583. The van der Waals surface area contributed by atoms with Crippen LogP contribution in [0, 0.1) is 0 Å². The first-order valence-electron chi connectivity index (χ1n) is 9.17. The van der Waals surface area contributed by atoms with E-state index in [1.807, 2.05) is 24.3 Å². The number of aromatic nitrogens is 4. The summed E-state index contributed by atoms with van der Waals surface area (Å²) in [4.78, 5) is 21.7. The van der Waals surface area contributed by atoms with E-state index in [0.29, 0.717) is 35.2 Å². The highest BCUT2D eigenvalue weighted by Crippen LogP contribution is 2.37. The molecule has 3 aromatic heterocycles. The monoisotopic (exact) mass is 405 g/mol. The third-order valence-corrected chi connectivity index (χ3v) is 5.18. The number of halogens is 1. The molecule has 8 heteroatoms. The van der Waals surface area contributed by atoms with Crippen molar-refractivity contribution >= 4 is 28.9 Å². The summed E-state index contributed by atoms with van der Waals surface area (Å²) in [5, 5.41) is 8.52. The second-order valence-corrected chi connectivity index (χ2v) is 7.24. The van der Waals surface area contributed by atoms with Gasteiger partial charge in [0.05, 0.1) is 17.5 Å². The number of hydrogen-bond donors (Lipinski definition) is 1. The van der Waals surface area contributed by atoms with Crippen molar-refractivity contribution in [2.45, 2.75) is 18.8 Å². The fraction of sp³-hybridized carbons (Fsp3) is 0.143. The Hall–Kier alpha value is -3.45. The van der Waals surface area contributed by atoms with Crippen molar-refractivity contribution in [2.75, 3.05) is 5.32 Å². The topological polar surface area (TPSA) is 85.8 Å². The molecule has 1 aliphatic carbocycles. The molecule has 0 saturated carbocycles. The Kier molecular flexibility index (Phi) is 4.37. The van der Waals surface area contributed by atoms with Crippen LogP contribution >= 0.6 is 11.6 Å². The standard InChI is InChI=1S/C21H16ClN5O2/c22-14-4-6-15(7-5-14)25-20-19-16(27(26-20)21-23-8-2-9-24-21)11-13(12-17(19)28)18-3-1-10-29-18/h1-10,13H,11-12H2,(H,25,26). The lowest BCUT2D eigenvalue weighted by Crippen LogP contribution is -2.21. The lowest BCUT2D eigenvalue weighted by Gasteiger charge is -2.20. The number of anilines is 2. The summed E-state index contributed by atoms with van der Waals surface area (Å²) in [6.07, 6.45) is 5.88. The average molecular weight is 406 g/mol. The Bertz CT molecular complexity index is 1150. The van der Waals surface area contributed by atoms with E-state index in [1.165, 1.54) is 0 Å². The van der Waals surface area contributed by atoms with Crippen molar-refractivity contribution in [2.24, 2.45) is 0 Å².